The SMILES string of the molecule is CC1CC(C(=O)OC(C)(C)C)Nc2oc3c(Br)cc(Cl)cc3c21. The van der Waals surface area contributed by atoms with E-state index in [1.807, 2.05) is 26.8 Å². The molecule has 1 aliphatic heterocycles. The van der Waals surface area contributed by atoms with Gasteiger partial charge in [-0.2, -0.15) is 0 Å². The highest BCUT2D eigenvalue weighted by Gasteiger charge is 2.35. The van der Waals surface area contributed by atoms with Crippen LogP contribution in [-0.4, -0.2) is 17.6 Å². The quantitative estimate of drug-likeness (QED) is 0.644. The van der Waals surface area contributed by atoms with Crippen LogP contribution in [0.4, 0.5) is 5.88 Å². The minimum absolute atomic E-state index is 0.162. The van der Waals surface area contributed by atoms with Crippen LogP contribution in [0.25, 0.3) is 11.0 Å². The lowest BCUT2D eigenvalue weighted by molar-refractivity contribution is -0.156. The van der Waals surface area contributed by atoms with E-state index in [0.717, 1.165) is 21.0 Å². The molecule has 0 aliphatic carbocycles. The highest BCUT2D eigenvalue weighted by Crippen LogP contribution is 2.44. The van der Waals surface area contributed by atoms with E-state index in [1.54, 1.807) is 6.07 Å². The summed E-state index contributed by atoms with van der Waals surface area (Å²) in [6.45, 7) is 7.68. The van der Waals surface area contributed by atoms with Gasteiger partial charge in [-0.05, 0) is 61.2 Å². The molecule has 23 heavy (non-hydrogen) atoms. The van der Waals surface area contributed by atoms with E-state index in [4.69, 9.17) is 20.8 Å². The molecule has 3 rings (SSSR count). The van der Waals surface area contributed by atoms with E-state index in [0.29, 0.717) is 17.3 Å². The largest absolute Gasteiger partial charge is 0.458 e. The Morgan fingerprint density at radius 1 is 1.43 bits per heavy atom. The molecule has 1 aliphatic rings. The Bertz CT molecular complexity index is 778. The third kappa shape index (κ3) is 3.22. The Balaban J connectivity index is 1.98. The summed E-state index contributed by atoms with van der Waals surface area (Å²) in [5.74, 6) is 0.528. The van der Waals surface area contributed by atoms with Crippen molar-refractivity contribution >= 4 is 50.4 Å². The lowest BCUT2D eigenvalue weighted by atomic mass is 9.89. The number of furan rings is 1. The minimum atomic E-state index is -0.507. The summed E-state index contributed by atoms with van der Waals surface area (Å²) in [5.41, 5.74) is 1.29. The molecular formula is C17H19BrClNO3. The lowest BCUT2D eigenvalue weighted by Gasteiger charge is -2.29. The van der Waals surface area contributed by atoms with Crippen LogP contribution in [0.15, 0.2) is 21.0 Å². The van der Waals surface area contributed by atoms with Crippen LogP contribution in [0.2, 0.25) is 5.02 Å². The molecule has 2 aromatic rings. The van der Waals surface area contributed by atoms with Crippen molar-refractivity contribution in [3.63, 3.8) is 0 Å². The second kappa shape index (κ2) is 5.71. The van der Waals surface area contributed by atoms with Crippen molar-refractivity contribution in [2.24, 2.45) is 0 Å². The van der Waals surface area contributed by atoms with Gasteiger partial charge in [0.15, 0.2) is 11.5 Å². The van der Waals surface area contributed by atoms with Crippen molar-refractivity contribution in [1.82, 2.24) is 0 Å². The summed E-state index contributed by atoms with van der Waals surface area (Å²) in [6.07, 6.45) is 0.653. The van der Waals surface area contributed by atoms with Gasteiger partial charge >= 0.3 is 5.97 Å². The predicted molar refractivity (Wildman–Crippen MR) is 95.2 cm³/mol. The number of ether oxygens (including phenoxy) is 1. The Labute approximate surface area is 148 Å². The number of fused-ring (bicyclic) bond motifs is 3. The van der Waals surface area contributed by atoms with Crippen LogP contribution in [0, 0.1) is 0 Å². The number of halogens is 2. The van der Waals surface area contributed by atoms with Crippen molar-refractivity contribution in [2.75, 3.05) is 5.32 Å². The van der Waals surface area contributed by atoms with Gasteiger partial charge in [0, 0.05) is 16.0 Å². The van der Waals surface area contributed by atoms with Crippen LogP contribution in [0.5, 0.6) is 0 Å². The van der Waals surface area contributed by atoms with Crippen LogP contribution in [0.1, 0.15) is 45.6 Å². The molecule has 6 heteroatoms. The summed E-state index contributed by atoms with van der Waals surface area (Å²) in [6, 6.07) is 3.29. The van der Waals surface area contributed by atoms with E-state index in [9.17, 15) is 4.79 Å². The molecule has 2 atom stereocenters. The number of benzene rings is 1. The first kappa shape index (κ1) is 16.7. The van der Waals surface area contributed by atoms with Gasteiger partial charge in [0.2, 0.25) is 0 Å². The fraction of sp³-hybridized carbons (Fsp3) is 0.471. The van der Waals surface area contributed by atoms with Crippen molar-refractivity contribution < 1.29 is 13.9 Å². The monoisotopic (exact) mass is 399 g/mol. The average molecular weight is 401 g/mol. The first-order valence-electron chi connectivity index (χ1n) is 7.56. The fourth-order valence-electron chi connectivity index (χ4n) is 2.96. The topological polar surface area (TPSA) is 51.5 Å². The molecule has 2 heterocycles. The molecule has 0 amide bonds. The normalized spacial score (nSPS) is 21.0. The van der Waals surface area contributed by atoms with E-state index in [1.165, 1.54) is 0 Å². The first-order chi connectivity index (χ1) is 10.7. The van der Waals surface area contributed by atoms with Gasteiger partial charge in [-0.3, -0.25) is 0 Å². The Morgan fingerprint density at radius 2 is 2.13 bits per heavy atom. The molecular weight excluding hydrogens is 382 g/mol. The zero-order valence-electron chi connectivity index (χ0n) is 13.5. The number of anilines is 1. The number of rotatable bonds is 1. The Hall–Kier alpha value is -1.20. The average Bonchev–Trinajstić information content (AvgIpc) is 2.76. The molecule has 2 unspecified atom stereocenters. The van der Waals surface area contributed by atoms with Gasteiger partial charge < -0.3 is 14.5 Å². The maximum absolute atomic E-state index is 12.3. The van der Waals surface area contributed by atoms with Gasteiger partial charge in [0.1, 0.15) is 11.6 Å². The van der Waals surface area contributed by atoms with E-state index in [2.05, 4.69) is 28.2 Å². The summed E-state index contributed by atoms with van der Waals surface area (Å²) >= 11 is 9.64. The lowest BCUT2D eigenvalue weighted by Crippen LogP contribution is -2.39. The third-order valence-corrected chi connectivity index (χ3v) is 4.63. The van der Waals surface area contributed by atoms with Crippen LogP contribution < -0.4 is 5.32 Å². The van der Waals surface area contributed by atoms with Gasteiger partial charge in [-0.15, -0.1) is 0 Å². The zero-order valence-corrected chi connectivity index (χ0v) is 15.8. The van der Waals surface area contributed by atoms with Crippen molar-refractivity contribution in [2.45, 2.75) is 51.7 Å². The van der Waals surface area contributed by atoms with Crippen molar-refractivity contribution in [3.05, 3.63) is 27.2 Å². The highest BCUT2D eigenvalue weighted by atomic mass is 79.9. The third-order valence-electron chi connectivity index (χ3n) is 3.83. The van der Waals surface area contributed by atoms with Gasteiger partial charge in [-0.1, -0.05) is 18.5 Å². The molecule has 1 N–H and O–H groups in total. The first-order valence-corrected chi connectivity index (χ1v) is 8.73. The standard InChI is InChI=1S/C17H19BrClNO3/c1-8-5-12(16(21)23-17(2,3)4)20-15-13(8)10-6-9(19)7-11(18)14(10)22-15/h6-8,12,20H,5H2,1-4H3. The summed E-state index contributed by atoms with van der Waals surface area (Å²) < 4.78 is 12.2. The highest BCUT2D eigenvalue weighted by molar-refractivity contribution is 9.10. The van der Waals surface area contributed by atoms with Crippen molar-refractivity contribution in [1.29, 1.82) is 0 Å². The molecule has 0 fully saturated rings. The predicted octanol–water partition coefficient (Wildman–Crippen LogP) is 5.48. The maximum Gasteiger partial charge on any atom is 0.329 e. The summed E-state index contributed by atoms with van der Waals surface area (Å²) in [7, 11) is 0. The second-order valence-electron chi connectivity index (χ2n) is 6.98. The smallest absolute Gasteiger partial charge is 0.329 e. The molecule has 1 aromatic carbocycles. The van der Waals surface area contributed by atoms with Crippen molar-refractivity contribution in [3.8, 4) is 0 Å². The Morgan fingerprint density at radius 3 is 2.78 bits per heavy atom. The molecule has 0 bridgehead atoms. The number of hydrogen-bond acceptors (Lipinski definition) is 4. The molecule has 0 spiro atoms. The molecule has 0 saturated heterocycles. The molecule has 124 valence electrons. The van der Waals surface area contributed by atoms with Gasteiger partial charge in [0.05, 0.1) is 4.47 Å². The number of hydrogen-bond donors (Lipinski definition) is 1. The molecule has 4 nitrogen and oxygen atoms in total. The van der Waals surface area contributed by atoms with Gasteiger partial charge in [-0.25, -0.2) is 4.79 Å². The number of carbonyl (C=O) groups is 1. The fourth-order valence-corrected chi connectivity index (χ4v) is 3.85. The van der Waals surface area contributed by atoms with E-state index < -0.39 is 11.6 Å². The minimum Gasteiger partial charge on any atom is -0.458 e. The molecule has 1 aromatic heterocycles. The Kier molecular flexibility index (Phi) is 4.13. The summed E-state index contributed by atoms with van der Waals surface area (Å²) in [4.78, 5) is 12.3. The summed E-state index contributed by atoms with van der Waals surface area (Å²) in [5, 5.41) is 4.80. The maximum atomic E-state index is 12.3. The zero-order chi connectivity index (χ0) is 16.9. The van der Waals surface area contributed by atoms with E-state index >= 15 is 0 Å². The second-order valence-corrected chi connectivity index (χ2v) is 8.27. The van der Waals surface area contributed by atoms with Crippen LogP contribution >= 0.6 is 27.5 Å². The molecule has 0 saturated carbocycles. The van der Waals surface area contributed by atoms with Crippen LogP contribution in [0.3, 0.4) is 0 Å². The molecule has 0 radical (unpaired) electrons. The van der Waals surface area contributed by atoms with Gasteiger partial charge in [0.25, 0.3) is 0 Å². The van der Waals surface area contributed by atoms with E-state index in [-0.39, 0.29) is 11.9 Å². The number of esters is 1. The number of nitrogens with one attached hydrogen (secondary N) is 1. The van der Waals surface area contributed by atoms with Crippen LogP contribution in [-0.2, 0) is 9.53 Å². The number of carbonyl (C=O) groups excluding carboxylic acids is 1.